The topological polar surface area (TPSA) is 153 Å². The van der Waals surface area contributed by atoms with Crippen LogP contribution in [-0.2, 0) is 9.59 Å². The van der Waals surface area contributed by atoms with Crippen LogP contribution in [0.15, 0.2) is 0 Å². The minimum Gasteiger partial charge on any atom is -0.369 e. The van der Waals surface area contributed by atoms with E-state index in [0.717, 1.165) is 0 Å². The Bertz CT molecular complexity index is 213. The normalized spacial score (nSPS) is 11.5. The third-order valence-corrected chi connectivity index (χ3v) is 1.02. The Morgan fingerprint density at radius 2 is 1.85 bits per heavy atom. The van der Waals surface area contributed by atoms with Crippen molar-refractivity contribution in [2.24, 2.45) is 5.73 Å². The van der Waals surface area contributed by atoms with E-state index >= 15 is 0 Å². The fraction of sp³-hybridized carbons (Fsp3) is 0.600. The Balaban J connectivity index is 4.12. The lowest BCUT2D eigenvalue weighted by Crippen LogP contribution is -2.57. The largest absolute Gasteiger partial charge is 0.369 e. The predicted octanol–water partition coefficient (Wildman–Crippen LogP) is -4.07. The molecular weight excluding hydrogens is 184 g/mol. The highest BCUT2D eigenvalue weighted by molar-refractivity contribution is 5.96. The molecule has 0 aliphatic carbocycles. The first-order valence-corrected chi connectivity index (χ1v) is 3.16. The summed E-state index contributed by atoms with van der Waals surface area (Å²) in [6, 6.07) is 0. The van der Waals surface area contributed by atoms with Crippen LogP contribution in [0.25, 0.3) is 0 Å². The molecule has 13 heavy (non-hydrogen) atoms. The standard InChI is InChI=1S/C5H10N2O6/c6-2(8)1-3(9)7-5(12,13)4(10)11/h4,10-13H,1H2,(H2,6,8)(H,7,9). The first kappa shape index (κ1) is 11.8. The summed E-state index contributed by atoms with van der Waals surface area (Å²) in [5.74, 6) is -5.31. The van der Waals surface area contributed by atoms with Crippen molar-refractivity contribution in [3.63, 3.8) is 0 Å². The minimum atomic E-state index is -3.19. The lowest BCUT2D eigenvalue weighted by atomic mass is 10.3. The highest BCUT2D eigenvalue weighted by atomic mass is 16.6. The second-order valence-corrected chi connectivity index (χ2v) is 2.29. The zero-order valence-corrected chi connectivity index (χ0v) is 6.47. The van der Waals surface area contributed by atoms with E-state index in [-0.39, 0.29) is 0 Å². The van der Waals surface area contributed by atoms with Gasteiger partial charge in [0, 0.05) is 0 Å². The second kappa shape index (κ2) is 4.14. The molecule has 0 atom stereocenters. The van der Waals surface area contributed by atoms with Crippen molar-refractivity contribution in [3.8, 4) is 0 Å². The van der Waals surface area contributed by atoms with Gasteiger partial charge in [0.25, 0.3) is 5.91 Å². The maximum atomic E-state index is 10.6. The number of hydrogen-bond donors (Lipinski definition) is 6. The Morgan fingerprint density at radius 1 is 1.38 bits per heavy atom. The molecule has 2 amide bonds. The summed E-state index contributed by atoms with van der Waals surface area (Å²) in [4.78, 5) is 20.8. The van der Waals surface area contributed by atoms with E-state index in [2.05, 4.69) is 5.73 Å². The van der Waals surface area contributed by atoms with Crippen LogP contribution in [0.4, 0.5) is 0 Å². The van der Waals surface area contributed by atoms with Gasteiger partial charge in [-0.05, 0) is 0 Å². The molecule has 0 aromatic carbocycles. The van der Waals surface area contributed by atoms with Gasteiger partial charge in [-0.2, -0.15) is 0 Å². The first-order chi connectivity index (χ1) is 5.75. The zero-order valence-electron chi connectivity index (χ0n) is 6.47. The molecular formula is C5H10N2O6. The van der Waals surface area contributed by atoms with Crippen LogP contribution in [0.1, 0.15) is 6.42 Å². The molecule has 0 bridgehead atoms. The summed E-state index contributed by atoms with van der Waals surface area (Å²) in [5, 5.41) is 35.2. The van der Waals surface area contributed by atoms with Crippen molar-refractivity contribution in [1.29, 1.82) is 0 Å². The van der Waals surface area contributed by atoms with Gasteiger partial charge >= 0.3 is 0 Å². The van der Waals surface area contributed by atoms with Crippen LogP contribution >= 0.6 is 0 Å². The highest BCUT2D eigenvalue weighted by Crippen LogP contribution is 1.99. The third kappa shape index (κ3) is 4.38. The molecule has 0 aromatic rings. The van der Waals surface area contributed by atoms with Gasteiger partial charge < -0.3 is 31.5 Å². The number of rotatable bonds is 4. The maximum Gasteiger partial charge on any atom is 0.300 e. The smallest absolute Gasteiger partial charge is 0.300 e. The predicted molar refractivity (Wildman–Crippen MR) is 37.3 cm³/mol. The summed E-state index contributed by atoms with van der Waals surface area (Å²) in [5.41, 5.74) is 4.60. The minimum absolute atomic E-state index is 0.782. The van der Waals surface area contributed by atoms with Crippen molar-refractivity contribution in [1.82, 2.24) is 5.32 Å². The molecule has 7 N–H and O–H groups in total. The molecule has 0 rings (SSSR count). The van der Waals surface area contributed by atoms with E-state index in [0.29, 0.717) is 0 Å². The molecule has 8 heteroatoms. The molecule has 0 aliphatic rings. The third-order valence-electron chi connectivity index (χ3n) is 1.02. The number of carbonyl (C=O) groups excluding carboxylic acids is 2. The van der Waals surface area contributed by atoms with Crippen LogP contribution < -0.4 is 11.1 Å². The summed E-state index contributed by atoms with van der Waals surface area (Å²) in [6.45, 7) is 0. The molecule has 0 aliphatic heterocycles. The van der Waals surface area contributed by atoms with Gasteiger partial charge in [0.05, 0.1) is 0 Å². The van der Waals surface area contributed by atoms with Gasteiger partial charge in [-0.15, -0.1) is 0 Å². The van der Waals surface area contributed by atoms with Crippen molar-refractivity contribution in [2.45, 2.75) is 18.6 Å². The van der Waals surface area contributed by atoms with Gasteiger partial charge in [-0.3, -0.25) is 9.59 Å². The Morgan fingerprint density at radius 3 is 2.15 bits per heavy atom. The van der Waals surface area contributed by atoms with Crippen molar-refractivity contribution in [2.75, 3.05) is 0 Å². The number of amides is 2. The molecule has 0 aromatic heterocycles. The molecule has 76 valence electrons. The summed E-state index contributed by atoms with van der Waals surface area (Å²) >= 11 is 0. The van der Waals surface area contributed by atoms with E-state index in [1.807, 2.05) is 0 Å². The van der Waals surface area contributed by atoms with Crippen LogP contribution in [0.5, 0.6) is 0 Å². The van der Waals surface area contributed by atoms with Crippen LogP contribution in [0.3, 0.4) is 0 Å². The maximum absolute atomic E-state index is 10.6. The van der Waals surface area contributed by atoms with E-state index in [9.17, 15) is 9.59 Å². The lowest BCUT2D eigenvalue weighted by molar-refractivity contribution is -0.301. The monoisotopic (exact) mass is 194 g/mol. The average Bonchev–Trinajstić information content (AvgIpc) is 1.82. The molecule has 0 fully saturated rings. The zero-order chi connectivity index (χ0) is 10.6. The number of nitrogens with one attached hydrogen (secondary N) is 1. The van der Waals surface area contributed by atoms with Gasteiger partial charge in [-0.1, -0.05) is 0 Å². The number of hydrogen-bond acceptors (Lipinski definition) is 6. The van der Waals surface area contributed by atoms with E-state index < -0.39 is 30.4 Å². The van der Waals surface area contributed by atoms with Gasteiger partial charge in [0.15, 0.2) is 0 Å². The summed E-state index contributed by atoms with van der Waals surface area (Å²) < 4.78 is 0. The number of nitrogens with two attached hydrogens (primary N) is 1. The van der Waals surface area contributed by atoms with Gasteiger partial charge in [0.2, 0.25) is 18.1 Å². The molecule has 0 unspecified atom stereocenters. The fourth-order valence-electron chi connectivity index (χ4n) is 0.472. The van der Waals surface area contributed by atoms with Crippen molar-refractivity contribution < 1.29 is 30.0 Å². The lowest BCUT2D eigenvalue weighted by Gasteiger charge is -2.23. The fourth-order valence-corrected chi connectivity index (χ4v) is 0.472. The molecule has 0 saturated carbocycles. The van der Waals surface area contributed by atoms with Crippen LogP contribution in [0, 0.1) is 0 Å². The Hall–Kier alpha value is -1.22. The van der Waals surface area contributed by atoms with E-state index in [1.54, 1.807) is 0 Å². The number of aliphatic hydroxyl groups excluding tert-OH is 1. The second-order valence-electron chi connectivity index (χ2n) is 2.29. The Labute approximate surface area is 72.6 Å². The molecule has 0 radical (unpaired) electrons. The SMILES string of the molecule is NC(=O)CC(=O)NC(O)(O)C(O)O. The first-order valence-electron chi connectivity index (χ1n) is 3.16. The van der Waals surface area contributed by atoms with Crippen LogP contribution in [-0.4, -0.2) is 44.4 Å². The van der Waals surface area contributed by atoms with Crippen molar-refractivity contribution in [3.05, 3.63) is 0 Å². The highest BCUT2D eigenvalue weighted by Gasteiger charge is 2.33. The van der Waals surface area contributed by atoms with E-state index in [1.165, 1.54) is 5.32 Å². The molecule has 0 saturated heterocycles. The quantitative estimate of drug-likeness (QED) is 0.197. The van der Waals surface area contributed by atoms with Crippen LogP contribution in [0.2, 0.25) is 0 Å². The average molecular weight is 194 g/mol. The molecule has 0 heterocycles. The molecule has 0 spiro atoms. The van der Waals surface area contributed by atoms with Crippen molar-refractivity contribution >= 4 is 11.8 Å². The number of aliphatic hydroxyl groups is 4. The van der Waals surface area contributed by atoms with Gasteiger partial charge in [0.1, 0.15) is 6.42 Å². The number of primary amides is 1. The summed E-state index contributed by atoms with van der Waals surface area (Å²) in [6.07, 6.45) is -3.36. The Kier molecular flexibility index (Phi) is 3.75. The molecule has 8 nitrogen and oxygen atoms in total. The summed E-state index contributed by atoms with van der Waals surface area (Å²) in [7, 11) is 0. The number of carbonyl (C=O) groups is 2. The van der Waals surface area contributed by atoms with Gasteiger partial charge in [-0.25, -0.2) is 0 Å². The van der Waals surface area contributed by atoms with E-state index in [4.69, 9.17) is 20.4 Å².